The Balaban J connectivity index is 4.16. The lowest BCUT2D eigenvalue weighted by Gasteiger charge is -2.17. The van der Waals surface area contributed by atoms with Gasteiger partial charge in [0.2, 0.25) is 0 Å². The number of aromatic nitrogens is 1. The van der Waals surface area contributed by atoms with Gasteiger partial charge in [-0.3, -0.25) is 0 Å². The van der Waals surface area contributed by atoms with Gasteiger partial charge in [-0.1, -0.05) is 26.6 Å². The fraction of sp³-hybridized carbons (Fsp3) is 0.444. The molecule has 1 aromatic heterocycles. The molecule has 0 spiro atoms. The molecule has 0 amide bonds. The van der Waals surface area contributed by atoms with E-state index in [9.17, 15) is 0 Å². The maximum atomic E-state index is 7.85. The van der Waals surface area contributed by atoms with Crippen LogP contribution >= 0.6 is 15.9 Å². The average molecular weight is 226 g/mol. The van der Waals surface area contributed by atoms with Crippen LogP contribution in [0.3, 0.4) is 0 Å². The highest BCUT2D eigenvalue weighted by Crippen LogP contribution is 2.21. The highest BCUT2D eigenvalue weighted by molar-refractivity contribution is 9.10. The predicted molar refractivity (Wildman–Crippen MR) is 50.6 cm³/mol. The van der Waals surface area contributed by atoms with E-state index < -0.39 is 49.8 Å². The molecule has 1 nitrogen and oxygen atoms in total. The van der Waals surface area contributed by atoms with Crippen molar-refractivity contribution in [2.75, 3.05) is 0 Å². The monoisotopic (exact) mass is 225 g/mol. The maximum Gasteiger partial charge on any atom is 0.106 e. The summed E-state index contributed by atoms with van der Waals surface area (Å²) in [5, 5.41) is 0. The highest BCUT2D eigenvalue weighted by atomic mass is 79.9. The molecule has 0 N–H and O–H groups in total. The zero-order valence-electron chi connectivity index (χ0n) is 17.3. The Bertz CT molecular complexity index is 577. The summed E-state index contributed by atoms with van der Waals surface area (Å²) in [4.78, 5) is 3.47. The van der Waals surface area contributed by atoms with Gasteiger partial charge in [0.25, 0.3) is 0 Å². The maximum absolute atomic E-state index is 7.85. The summed E-state index contributed by atoms with van der Waals surface area (Å²) in [6.45, 7) is -10.8. The molecule has 0 radical (unpaired) electrons. The van der Waals surface area contributed by atoms with E-state index in [1.54, 1.807) is 0 Å². The van der Waals surface area contributed by atoms with Crippen molar-refractivity contribution in [3.05, 3.63) is 28.4 Å². The second-order valence-corrected chi connectivity index (χ2v) is 2.64. The number of halogens is 1. The summed E-state index contributed by atoms with van der Waals surface area (Å²) in [7, 11) is 0. The Morgan fingerprint density at radius 1 is 1.55 bits per heavy atom. The third kappa shape index (κ3) is 2.29. The molecular formula is C9H12BrN. The fourth-order valence-electron chi connectivity index (χ4n) is 0.453. The standard InChI is InChI=1S/C9H12BrN/c1-9(2,3)7-4-5-8(10)11-6-7/h4-6H,1-3H3/i1D3,2D3,3D3,4D,5D,6D. The molecule has 1 aromatic rings. The number of rotatable bonds is 0. The largest absolute Gasteiger partial charge is 0.249 e. The molecule has 0 saturated heterocycles. The van der Waals surface area contributed by atoms with Crippen molar-refractivity contribution in [2.24, 2.45) is 0 Å². The SMILES string of the molecule is [2H]c1nc(Br)c([2H])c([2H])c1C(C([2H])([2H])[2H])(C([2H])([2H])[2H])C([2H])([2H])[2H]. The van der Waals surface area contributed by atoms with Crippen molar-refractivity contribution in [1.29, 1.82) is 0 Å². The molecule has 60 valence electrons. The predicted octanol–water partition coefficient (Wildman–Crippen LogP) is 3.14. The highest BCUT2D eigenvalue weighted by Gasteiger charge is 2.12. The molecule has 0 aromatic carbocycles. The minimum absolute atomic E-state index is 0.285. The average Bonchev–Trinajstić information content (AvgIpc) is 2.26. The van der Waals surface area contributed by atoms with E-state index in [2.05, 4.69) is 20.9 Å². The first kappa shape index (κ1) is 1.92. The van der Waals surface area contributed by atoms with Crippen LogP contribution in [0, 0.1) is 0 Å². The summed E-state index contributed by atoms with van der Waals surface area (Å²) in [5.41, 5.74) is -4.62. The Morgan fingerprint density at radius 2 is 2.27 bits per heavy atom. The number of hydrogen-bond acceptors (Lipinski definition) is 1. The molecule has 0 aliphatic carbocycles. The third-order valence-corrected chi connectivity index (χ3v) is 1.31. The fourth-order valence-corrected chi connectivity index (χ4v) is 0.640. The van der Waals surface area contributed by atoms with Crippen LogP contribution in [-0.2, 0) is 5.41 Å². The second kappa shape index (κ2) is 2.94. The molecular weight excluding hydrogens is 202 g/mol. The molecule has 0 unspecified atom stereocenters. The van der Waals surface area contributed by atoms with Crippen LogP contribution in [0.1, 0.15) is 42.6 Å². The van der Waals surface area contributed by atoms with E-state index in [4.69, 9.17) is 16.4 Å². The molecule has 0 fully saturated rings. The zero-order valence-corrected chi connectivity index (χ0v) is 6.91. The van der Waals surface area contributed by atoms with E-state index in [1.807, 2.05) is 0 Å². The van der Waals surface area contributed by atoms with Crippen LogP contribution in [0.5, 0.6) is 0 Å². The van der Waals surface area contributed by atoms with E-state index >= 15 is 0 Å². The van der Waals surface area contributed by atoms with E-state index in [0.29, 0.717) is 0 Å². The minimum Gasteiger partial charge on any atom is -0.249 e. The van der Waals surface area contributed by atoms with Crippen molar-refractivity contribution >= 4 is 15.9 Å². The van der Waals surface area contributed by atoms with E-state index in [0.717, 1.165) is 0 Å². The Morgan fingerprint density at radius 3 is 2.91 bits per heavy atom. The number of pyridine rings is 1. The first-order chi connectivity index (χ1) is 10.00. The molecule has 11 heavy (non-hydrogen) atoms. The quantitative estimate of drug-likeness (QED) is 0.619. The summed E-state index contributed by atoms with van der Waals surface area (Å²) in [6, 6.07) is -1.67. The molecule has 0 saturated carbocycles. The number of nitrogens with zero attached hydrogens (tertiary/aromatic N) is 1. The van der Waals surface area contributed by atoms with Crippen LogP contribution in [0.15, 0.2) is 22.9 Å². The molecule has 0 aliphatic heterocycles. The lowest BCUT2D eigenvalue weighted by Crippen LogP contribution is -2.10. The van der Waals surface area contributed by atoms with Gasteiger partial charge in [-0.2, -0.15) is 0 Å². The summed E-state index contributed by atoms with van der Waals surface area (Å²) in [6.07, 6.45) is -0.985. The minimum atomic E-state index is -3.60. The molecule has 0 atom stereocenters. The van der Waals surface area contributed by atoms with Crippen molar-refractivity contribution in [3.63, 3.8) is 0 Å². The Labute approximate surface area is 92.8 Å². The van der Waals surface area contributed by atoms with Gasteiger partial charge in [-0.05, 0) is 33.0 Å². The zero-order chi connectivity index (χ0) is 18.6. The van der Waals surface area contributed by atoms with Gasteiger partial charge in [-0.25, -0.2) is 4.98 Å². The van der Waals surface area contributed by atoms with Crippen molar-refractivity contribution < 1.29 is 16.4 Å². The number of hydrogen-bond donors (Lipinski definition) is 0. The first-order valence-electron chi connectivity index (χ1n) is 8.64. The van der Waals surface area contributed by atoms with Gasteiger partial charge in [0.1, 0.15) is 4.60 Å². The van der Waals surface area contributed by atoms with Crippen molar-refractivity contribution in [3.8, 4) is 0 Å². The molecule has 0 aliphatic rings. The molecule has 1 rings (SSSR count). The summed E-state index contributed by atoms with van der Waals surface area (Å²) >= 11 is 2.79. The van der Waals surface area contributed by atoms with Crippen molar-refractivity contribution in [2.45, 2.75) is 26.0 Å². The first-order valence-corrected chi connectivity index (χ1v) is 3.43. The van der Waals surface area contributed by atoms with Crippen LogP contribution in [0.4, 0.5) is 0 Å². The Hall–Kier alpha value is -0.370. The lowest BCUT2D eigenvalue weighted by molar-refractivity contribution is 0.587. The van der Waals surface area contributed by atoms with Crippen molar-refractivity contribution in [1.82, 2.24) is 4.98 Å². The van der Waals surface area contributed by atoms with Crippen LogP contribution < -0.4 is 0 Å². The summed E-state index contributed by atoms with van der Waals surface area (Å²) in [5.74, 6) is 0. The van der Waals surface area contributed by atoms with Gasteiger partial charge in [-0.15, -0.1) is 0 Å². The van der Waals surface area contributed by atoms with Crippen LogP contribution in [0.25, 0.3) is 0 Å². The Kier molecular flexibility index (Phi) is 0.514. The topological polar surface area (TPSA) is 12.9 Å². The van der Waals surface area contributed by atoms with Gasteiger partial charge < -0.3 is 0 Å². The molecule has 1 heterocycles. The van der Waals surface area contributed by atoms with Crippen LogP contribution in [0.2, 0.25) is 0 Å². The van der Waals surface area contributed by atoms with Crippen LogP contribution in [-0.4, -0.2) is 4.98 Å². The lowest BCUT2D eigenvalue weighted by atomic mass is 9.88. The third-order valence-electron chi connectivity index (χ3n) is 0.932. The van der Waals surface area contributed by atoms with Gasteiger partial charge in [0.05, 0.1) is 4.11 Å². The molecule has 0 bridgehead atoms. The van der Waals surface area contributed by atoms with E-state index in [-0.39, 0.29) is 4.60 Å². The smallest absolute Gasteiger partial charge is 0.106 e. The summed E-state index contributed by atoms with van der Waals surface area (Å²) < 4.78 is 90.9. The van der Waals surface area contributed by atoms with Gasteiger partial charge in [0, 0.05) is 18.5 Å². The van der Waals surface area contributed by atoms with Gasteiger partial charge >= 0.3 is 0 Å². The second-order valence-electron chi connectivity index (χ2n) is 1.89. The normalized spacial score (nSPS) is 31.0. The van der Waals surface area contributed by atoms with Gasteiger partial charge in [0.15, 0.2) is 0 Å². The van der Waals surface area contributed by atoms with E-state index in [1.165, 1.54) is 0 Å². The molecule has 2 heteroatoms.